The highest BCUT2D eigenvalue weighted by molar-refractivity contribution is 5.79. The first-order valence-electron chi connectivity index (χ1n) is 9.65. The number of hydrogen-bond donors (Lipinski definition) is 2. The van der Waals surface area contributed by atoms with Gasteiger partial charge in [0.15, 0.2) is 5.96 Å². The molecular formula is C19H35N5O. The van der Waals surface area contributed by atoms with Crippen LogP contribution in [0.15, 0.2) is 15.6 Å². The molecule has 6 heteroatoms. The lowest BCUT2D eigenvalue weighted by molar-refractivity contribution is 0.157. The number of hydrogen-bond acceptors (Lipinski definition) is 4. The van der Waals surface area contributed by atoms with Gasteiger partial charge < -0.3 is 15.1 Å². The monoisotopic (exact) mass is 349 g/mol. The molecule has 1 atom stereocenters. The standard InChI is InChI=1S/C19H35N5O/c1-6-20-18(22-12-15-10-8-9-11-24(15)7-2)23-14-17-21-13-16(25-17)19(3,4)5/h13,15H,6-12,14H2,1-5H3,(H2,20,22,23). The van der Waals surface area contributed by atoms with Crippen LogP contribution in [0.25, 0.3) is 0 Å². The Balaban J connectivity index is 1.92. The lowest BCUT2D eigenvalue weighted by atomic mass is 9.94. The molecule has 0 bridgehead atoms. The van der Waals surface area contributed by atoms with Gasteiger partial charge >= 0.3 is 0 Å². The average Bonchev–Trinajstić information content (AvgIpc) is 3.07. The third kappa shape index (κ3) is 6.03. The van der Waals surface area contributed by atoms with Gasteiger partial charge in [-0.1, -0.05) is 34.1 Å². The number of nitrogens with one attached hydrogen (secondary N) is 2. The molecule has 142 valence electrons. The minimum absolute atomic E-state index is 0.0255. The fraction of sp³-hybridized carbons (Fsp3) is 0.789. The van der Waals surface area contributed by atoms with Crippen molar-refractivity contribution in [2.75, 3.05) is 26.2 Å². The van der Waals surface area contributed by atoms with E-state index in [-0.39, 0.29) is 5.41 Å². The summed E-state index contributed by atoms with van der Waals surface area (Å²) in [5.41, 5.74) is -0.0255. The molecule has 1 aromatic rings. The van der Waals surface area contributed by atoms with E-state index in [2.05, 4.69) is 60.1 Å². The van der Waals surface area contributed by atoms with E-state index in [4.69, 9.17) is 4.42 Å². The summed E-state index contributed by atoms with van der Waals surface area (Å²) in [7, 11) is 0. The van der Waals surface area contributed by atoms with Crippen LogP contribution in [0.2, 0.25) is 0 Å². The molecule has 0 amide bonds. The van der Waals surface area contributed by atoms with E-state index in [1.54, 1.807) is 0 Å². The Morgan fingerprint density at radius 1 is 1.32 bits per heavy atom. The van der Waals surface area contributed by atoms with Crippen molar-refractivity contribution in [3.05, 3.63) is 17.8 Å². The molecule has 0 aromatic carbocycles. The molecule has 0 spiro atoms. The molecule has 1 saturated heterocycles. The van der Waals surface area contributed by atoms with Gasteiger partial charge in [0.05, 0.1) is 6.20 Å². The predicted octanol–water partition coefficient (Wildman–Crippen LogP) is 2.90. The molecule has 0 saturated carbocycles. The zero-order valence-corrected chi connectivity index (χ0v) is 16.6. The van der Waals surface area contributed by atoms with E-state index in [1.807, 2.05) is 6.20 Å². The number of aliphatic imine (C=N–C) groups is 1. The molecule has 2 rings (SSSR count). The number of nitrogens with zero attached hydrogens (tertiary/aromatic N) is 3. The Morgan fingerprint density at radius 2 is 2.12 bits per heavy atom. The maximum Gasteiger partial charge on any atom is 0.216 e. The van der Waals surface area contributed by atoms with Crippen LogP contribution in [0.1, 0.15) is 65.5 Å². The fourth-order valence-corrected chi connectivity index (χ4v) is 3.14. The maximum atomic E-state index is 5.82. The lowest BCUT2D eigenvalue weighted by Gasteiger charge is -2.35. The fourth-order valence-electron chi connectivity index (χ4n) is 3.14. The van der Waals surface area contributed by atoms with Crippen molar-refractivity contribution in [1.82, 2.24) is 20.5 Å². The minimum Gasteiger partial charge on any atom is -0.443 e. The summed E-state index contributed by atoms with van der Waals surface area (Å²) < 4.78 is 5.82. The first-order valence-corrected chi connectivity index (χ1v) is 9.65. The molecule has 1 aliphatic rings. The first kappa shape index (κ1) is 19.8. The topological polar surface area (TPSA) is 65.7 Å². The van der Waals surface area contributed by atoms with E-state index in [9.17, 15) is 0 Å². The van der Waals surface area contributed by atoms with Crippen LogP contribution in [-0.4, -0.2) is 48.1 Å². The maximum absolute atomic E-state index is 5.82. The average molecular weight is 350 g/mol. The highest BCUT2D eigenvalue weighted by Gasteiger charge is 2.21. The lowest BCUT2D eigenvalue weighted by Crippen LogP contribution is -2.49. The molecule has 1 fully saturated rings. The Labute approximate surface area is 152 Å². The Kier molecular flexibility index (Phi) is 7.29. The van der Waals surface area contributed by atoms with Gasteiger partial charge in [-0.3, -0.25) is 4.90 Å². The Morgan fingerprint density at radius 3 is 2.76 bits per heavy atom. The van der Waals surface area contributed by atoms with Gasteiger partial charge in [0.1, 0.15) is 12.3 Å². The second-order valence-electron chi connectivity index (χ2n) is 7.72. The molecule has 2 N–H and O–H groups in total. The van der Waals surface area contributed by atoms with Crippen LogP contribution in [0, 0.1) is 0 Å². The summed E-state index contributed by atoms with van der Waals surface area (Å²) in [6.45, 7) is 15.2. The number of guanidine groups is 1. The molecule has 1 unspecified atom stereocenters. The molecule has 25 heavy (non-hydrogen) atoms. The smallest absolute Gasteiger partial charge is 0.216 e. The second kappa shape index (κ2) is 9.22. The molecule has 2 heterocycles. The predicted molar refractivity (Wildman–Crippen MR) is 103 cm³/mol. The Bertz CT molecular complexity index is 546. The van der Waals surface area contributed by atoms with Crippen LogP contribution in [0.4, 0.5) is 0 Å². The summed E-state index contributed by atoms with van der Waals surface area (Å²) in [5.74, 6) is 2.39. The SMILES string of the molecule is CCNC(=NCc1ncc(C(C)(C)C)o1)NCC1CCCCN1CC. The first-order chi connectivity index (χ1) is 11.9. The van der Waals surface area contributed by atoms with Crippen molar-refractivity contribution in [2.45, 2.75) is 71.9 Å². The largest absolute Gasteiger partial charge is 0.443 e. The summed E-state index contributed by atoms with van der Waals surface area (Å²) in [4.78, 5) is 11.5. The number of oxazole rings is 1. The van der Waals surface area contributed by atoms with Crippen LogP contribution in [-0.2, 0) is 12.0 Å². The number of aromatic nitrogens is 1. The quantitative estimate of drug-likeness (QED) is 0.611. The molecule has 6 nitrogen and oxygen atoms in total. The van der Waals surface area contributed by atoms with Crippen LogP contribution < -0.4 is 10.6 Å². The van der Waals surface area contributed by atoms with E-state index in [0.29, 0.717) is 18.5 Å². The van der Waals surface area contributed by atoms with Crippen LogP contribution in [0.5, 0.6) is 0 Å². The number of likely N-dealkylation sites (tertiary alicyclic amines) is 1. The van der Waals surface area contributed by atoms with E-state index in [1.165, 1.54) is 25.8 Å². The third-order valence-electron chi connectivity index (χ3n) is 4.67. The zero-order valence-electron chi connectivity index (χ0n) is 16.6. The van der Waals surface area contributed by atoms with Crippen LogP contribution in [0.3, 0.4) is 0 Å². The third-order valence-corrected chi connectivity index (χ3v) is 4.67. The van der Waals surface area contributed by atoms with Gasteiger partial charge in [0.2, 0.25) is 5.89 Å². The van der Waals surface area contributed by atoms with Gasteiger partial charge in [0, 0.05) is 24.5 Å². The van der Waals surface area contributed by atoms with E-state index < -0.39 is 0 Å². The van der Waals surface area contributed by atoms with E-state index >= 15 is 0 Å². The molecule has 0 radical (unpaired) electrons. The van der Waals surface area contributed by atoms with Gasteiger partial charge in [-0.05, 0) is 32.9 Å². The van der Waals surface area contributed by atoms with Gasteiger partial charge in [-0.25, -0.2) is 9.98 Å². The molecule has 0 aliphatic carbocycles. The van der Waals surface area contributed by atoms with Crippen molar-refractivity contribution in [3.8, 4) is 0 Å². The molecule has 1 aromatic heterocycles. The van der Waals surface area contributed by atoms with Crippen molar-refractivity contribution >= 4 is 5.96 Å². The molecule has 1 aliphatic heterocycles. The number of likely N-dealkylation sites (N-methyl/N-ethyl adjacent to an activating group) is 1. The summed E-state index contributed by atoms with van der Waals surface area (Å²) in [6, 6.07) is 0.594. The number of rotatable bonds is 6. The van der Waals surface area contributed by atoms with Crippen molar-refractivity contribution in [2.24, 2.45) is 4.99 Å². The van der Waals surface area contributed by atoms with Crippen molar-refractivity contribution in [3.63, 3.8) is 0 Å². The zero-order chi connectivity index (χ0) is 18.3. The van der Waals surface area contributed by atoms with Crippen molar-refractivity contribution in [1.29, 1.82) is 0 Å². The van der Waals surface area contributed by atoms with Crippen molar-refractivity contribution < 1.29 is 4.42 Å². The highest BCUT2D eigenvalue weighted by Crippen LogP contribution is 2.22. The highest BCUT2D eigenvalue weighted by atomic mass is 16.4. The van der Waals surface area contributed by atoms with E-state index in [0.717, 1.165) is 31.4 Å². The minimum atomic E-state index is -0.0255. The summed E-state index contributed by atoms with van der Waals surface area (Å²) in [5, 5.41) is 6.80. The Hall–Kier alpha value is -1.56. The molecular weight excluding hydrogens is 314 g/mol. The van der Waals surface area contributed by atoms with Gasteiger partial charge in [-0.15, -0.1) is 0 Å². The van der Waals surface area contributed by atoms with Gasteiger partial charge in [0.25, 0.3) is 0 Å². The summed E-state index contributed by atoms with van der Waals surface area (Å²) >= 11 is 0. The van der Waals surface area contributed by atoms with Gasteiger partial charge in [-0.2, -0.15) is 0 Å². The van der Waals surface area contributed by atoms with Crippen LogP contribution >= 0.6 is 0 Å². The summed E-state index contributed by atoms with van der Waals surface area (Å²) in [6.07, 6.45) is 5.71. The second-order valence-corrected chi connectivity index (χ2v) is 7.72. The number of piperidine rings is 1. The normalized spacial score (nSPS) is 19.9.